The van der Waals surface area contributed by atoms with Gasteiger partial charge in [-0.1, -0.05) is 28.8 Å². The number of anilines is 1. The highest BCUT2D eigenvalue weighted by molar-refractivity contribution is 6.70. The van der Waals surface area contributed by atoms with Gasteiger partial charge in [0.1, 0.15) is 5.17 Å². The number of aliphatic imine (C=N–C) groups is 1. The van der Waals surface area contributed by atoms with Gasteiger partial charge in [0, 0.05) is 17.5 Å². The van der Waals surface area contributed by atoms with E-state index in [9.17, 15) is 4.79 Å². The minimum Gasteiger partial charge on any atom is -0.313 e. The van der Waals surface area contributed by atoms with Crippen LogP contribution in [0.1, 0.15) is 5.56 Å². The number of fused-ring (bicyclic) bond motifs is 1. The summed E-state index contributed by atoms with van der Waals surface area (Å²) >= 11 is 6.00. The molecule has 7 heteroatoms. The summed E-state index contributed by atoms with van der Waals surface area (Å²) in [5.41, 5.74) is 9.67. The van der Waals surface area contributed by atoms with Gasteiger partial charge in [0.2, 0.25) is 6.17 Å². The van der Waals surface area contributed by atoms with Crippen LogP contribution in [-0.4, -0.2) is 24.3 Å². The fraction of sp³-hybridized carbons (Fsp3) is 0.200. The number of benzene rings is 1. The Bertz CT molecular complexity index is 549. The Hall–Kier alpha value is -2.04. The number of para-hydroxylation sites is 1. The molecule has 17 heavy (non-hydrogen) atoms. The third kappa shape index (κ3) is 1.95. The molecular weight excluding hydrogens is 242 g/mol. The predicted molar refractivity (Wildman–Crippen MR) is 65.2 cm³/mol. The molecule has 1 unspecified atom stereocenters. The van der Waals surface area contributed by atoms with E-state index in [0.717, 1.165) is 0 Å². The molecule has 1 amide bonds. The second kappa shape index (κ2) is 4.45. The van der Waals surface area contributed by atoms with Crippen molar-refractivity contribution < 1.29 is 4.79 Å². The Morgan fingerprint density at radius 2 is 2.24 bits per heavy atom. The first-order chi connectivity index (χ1) is 8.15. The molecule has 2 rings (SSSR count). The second-order valence-electron chi connectivity index (χ2n) is 3.41. The number of benzodiazepines with no additional fused rings is 1. The molecule has 1 aromatic rings. The Labute approximate surface area is 102 Å². The smallest absolute Gasteiger partial charge is 0.257 e. The lowest BCUT2D eigenvalue weighted by Gasteiger charge is -2.18. The van der Waals surface area contributed by atoms with Gasteiger partial charge in [-0.25, -0.2) is 0 Å². The molecule has 1 atom stereocenters. The van der Waals surface area contributed by atoms with Crippen LogP contribution in [0.15, 0.2) is 34.4 Å². The monoisotopic (exact) mass is 249 g/mol. The Balaban J connectivity index is 2.60. The lowest BCUT2D eigenvalue weighted by atomic mass is 10.2. The molecule has 0 aliphatic carbocycles. The highest BCUT2D eigenvalue weighted by Gasteiger charge is 2.27. The number of hydrogen-bond acceptors (Lipinski definition) is 3. The van der Waals surface area contributed by atoms with Crippen LogP contribution in [0, 0.1) is 0 Å². The average molecular weight is 250 g/mol. The summed E-state index contributed by atoms with van der Waals surface area (Å²) in [4.78, 5) is 19.8. The lowest BCUT2D eigenvalue weighted by Crippen LogP contribution is -2.33. The summed E-state index contributed by atoms with van der Waals surface area (Å²) in [5.74, 6) is -0.411. The minimum atomic E-state index is -1.15. The summed E-state index contributed by atoms with van der Waals surface area (Å²) in [5, 5.41) is 3.49. The van der Waals surface area contributed by atoms with Crippen LogP contribution in [0.4, 0.5) is 5.69 Å². The van der Waals surface area contributed by atoms with Crippen molar-refractivity contribution in [2.24, 2.45) is 10.1 Å². The summed E-state index contributed by atoms with van der Waals surface area (Å²) in [6, 6.07) is 7.09. The van der Waals surface area contributed by atoms with Crippen LogP contribution in [0.5, 0.6) is 0 Å². The van der Waals surface area contributed by atoms with Gasteiger partial charge in [-0.05, 0) is 17.7 Å². The molecule has 1 aromatic carbocycles. The van der Waals surface area contributed by atoms with Crippen molar-refractivity contribution >= 4 is 28.4 Å². The van der Waals surface area contributed by atoms with Crippen molar-refractivity contribution in [1.29, 1.82) is 0 Å². The van der Waals surface area contributed by atoms with E-state index in [2.05, 4.69) is 15.0 Å². The van der Waals surface area contributed by atoms with Crippen molar-refractivity contribution in [1.82, 2.24) is 0 Å². The molecule has 1 aliphatic rings. The molecule has 0 saturated heterocycles. The maximum absolute atomic E-state index is 11.9. The molecule has 6 nitrogen and oxygen atoms in total. The number of amides is 1. The first kappa shape index (κ1) is 11.4. The zero-order valence-corrected chi connectivity index (χ0v) is 9.66. The summed E-state index contributed by atoms with van der Waals surface area (Å²) in [6.07, 6.45) is -1.15. The quantitative estimate of drug-likeness (QED) is 0.427. The third-order valence-electron chi connectivity index (χ3n) is 2.44. The van der Waals surface area contributed by atoms with E-state index in [1.807, 2.05) is 0 Å². The van der Waals surface area contributed by atoms with E-state index in [0.29, 0.717) is 11.3 Å². The van der Waals surface area contributed by atoms with Gasteiger partial charge >= 0.3 is 0 Å². The number of halogens is 1. The SMILES string of the molecule is CN1C(=O)C(N=[N+]=[N-])N=C(Cl)c2ccccc21. The maximum Gasteiger partial charge on any atom is 0.257 e. The Morgan fingerprint density at radius 1 is 1.53 bits per heavy atom. The summed E-state index contributed by atoms with van der Waals surface area (Å²) < 4.78 is 0. The van der Waals surface area contributed by atoms with Crippen LogP contribution < -0.4 is 4.90 Å². The summed E-state index contributed by atoms with van der Waals surface area (Å²) in [6.45, 7) is 0. The fourth-order valence-corrected chi connectivity index (χ4v) is 1.84. The number of carbonyl (C=O) groups is 1. The van der Waals surface area contributed by atoms with Crippen molar-refractivity contribution in [3.8, 4) is 0 Å². The molecule has 0 bridgehead atoms. The van der Waals surface area contributed by atoms with Gasteiger partial charge in [-0.2, -0.15) is 0 Å². The normalized spacial score (nSPS) is 18.9. The topological polar surface area (TPSA) is 81.4 Å². The molecule has 1 heterocycles. The van der Waals surface area contributed by atoms with Crippen LogP contribution in [-0.2, 0) is 4.79 Å². The van der Waals surface area contributed by atoms with Gasteiger partial charge in [0.25, 0.3) is 5.91 Å². The number of azide groups is 1. The standard InChI is InChI=1S/C10H8ClN5O/c1-16-7-5-3-2-4-6(7)8(11)13-9(10(16)17)14-15-12/h2-5,9H,1H3. The number of rotatable bonds is 1. The molecule has 86 valence electrons. The largest absolute Gasteiger partial charge is 0.313 e. The molecule has 0 saturated carbocycles. The molecule has 0 aromatic heterocycles. The first-order valence-electron chi connectivity index (χ1n) is 4.79. The van der Waals surface area contributed by atoms with Crippen molar-refractivity contribution in [2.75, 3.05) is 11.9 Å². The Kier molecular flexibility index (Phi) is 2.99. The van der Waals surface area contributed by atoms with Gasteiger partial charge in [-0.15, -0.1) is 0 Å². The van der Waals surface area contributed by atoms with Crippen LogP contribution in [0.25, 0.3) is 10.4 Å². The third-order valence-corrected chi connectivity index (χ3v) is 2.74. The lowest BCUT2D eigenvalue weighted by molar-refractivity contribution is -0.119. The van der Waals surface area contributed by atoms with E-state index < -0.39 is 12.1 Å². The minimum absolute atomic E-state index is 0.163. The van der Waals surface area contributed by atoms with Gasteiger partial charge in [0.15, 0.2) is 0 Å². The molecule has 0 radical (unpaired) electrons. The van der Waals surface area contributed by atoms with Gasteiger partial charge < -0.3 is 4.90 Å². The number of carbonyl (C=O) groups excluding carboxylic acids is 1. The van der Waals surface area contributed by atoms with Crippen LogP contribution in [0.2, 0.25) is 0 Å². The Morgan fingerprint density at radius 3 is 2.94 bits per heavy atom. The van der Waals surface area contributed by atoms with E-state index in [-0.39, 0.29) is 5.17 Å². The fourth-order valence-electron chi connectivity index (χ4n) is 1.59. The van der Waals surface area contributed by atoms with E-state index in [1.54, 1.807) is 31.3 Å². The van der Waals surface area contributed by atoms with Crippen molar-refractivity contribution in [3.63, 3.8) is 0 Å². The van der Waals surface area contributed by atoms with Gasteiger partial charge in [-0.3, -0.25) is 9.79 Å². The number of likely N-dealkylation sites (N-methyl/N-ethyl adjacent to an activating group) is 1. The van der Waals surface area contributed by atoms with Crippen LogP contribution in [0.3, 0.4) is 0 Å². The highest BCUT2D eigenvalue weighted by atomic mass is 35.5. The number of hydrogen-bond donors (Lipinski definition) is 0. The molecule has 0 N–H and O–H groups in total. The van der Waals surface area contributed by atoms with Crippen molar-refractivity contribution in [3.05, 3.63) is 40.3 Å². The van der Waals surface area contributed by atoms with E-state index >= 15 is 0 Å². The molecule has 1 aliphatic heterocycles. The average Bonchev–Trinajstić information content (AvgIpc) is 2.43. The van der Waals surface area contributed by atoms with Gasteiger partial charge in [0.05, 0.1) is 5.69 Å². The zero-order valence-electron chi connectivity index (χ0n) is 8.91. The molecule has 0 spiro atoms. The highest BCUT2D eigenvalue weighted by Crippen LogP contribution is 2.26. The van der Waals surface area contributed by atoms with E-state index in [1.165, 1.54) is 4.90 Å². The second-order valence-corrected chi connectivity index (χ2v) is 3.77. The zero-order chi connectivity index (χ0) is 12.4. The van der Waals surface area contributed by atoms with E-state index in [4.69, 9.17) is 17.1 Å². The number of nitrogens with zero attached hydrogens (tertiary/aromatic N) is 5. The predicted octanol–water partition coefficient (Wildman–Crippen LogP) is 2.28. The van der Waals surface area contributed by atoms with Crippen LogP contribution >= 0.6 is 11.6 Å². The molecular formula is C10H8ClN5O. The maximum atomic E-state index is 11.9. The molecule has 0 fully saturated rings. The first-order valence-corrected chi connectivity index (χ1v) is 5.17. The van der Waals surface area contributed by atoms with Crippen molar-refractivity contribution in [2.45, 2.75) is 6.17 Å². The summed E-state index contributed by atoms with van der Waals surface area (Å²) in [7, 11) is 1.59.